The van der Waals surface area contributed by atoms with E-state index in [1.807, 2.05) is 26.6 Å². The molecule has 1 aromatic rings. The van der Waals surface area contributed by atoms with Gasteiger partial charge in [-0.2, -0.15) is 13.2 Å². The van der Waals surface area contributed by atoms with Gasteiger partial charge in [0.15, 0.2) is 11.6 Å². The van der Waals surface area contributed by atoms with Gasteiger partial charge in [0.2, 0.25) is 0 Å². The van der Waals surface area contributed by atoms with Crippen molar-refractivity contribution in [2.75, 3.05) is 6.61 Å². The van der Waals surface area contributed by atoms with Crippen LogP contribution in [0.15, 0.2) is 6.07 Å². The zero-order valence-corrected chi connectivity index (χ0v) is 15.9. The molecule has 2 nitrogen and oxygen atoms in total. The fourth-order valence-corrected chi connectivity index (χ4v) is 4.05. The number of rotatable bonds is 7. The maximum absolute atomic E-state index is 14.8. The first-order valence-corrected chi connectivity index (χ1v) is 11.7. The Morgan fingerprint density at radius 1 is 1.21 bits per heavy atom. The predicted octanol–water partition coefficient (Wildman–Crippen LogP) is 5.01. The third-order valence-electron chi connectivity index (χ3n) is 3.82. The van der Waals surface area contributed by atoms with Gasteiger partial charge in [-0.25, -0.2) is 4.39 Å². The average molecular weight is 366 g/mol. The van der Waals surface area contributed by atoms with E-state index < -0.39 is 31.7 Å². The third-order valence-corrected chi connectivity index (χ3v) is 5.81. The summed E-state index contributed by atoms with van der Waals surface area (Å²) in [5.74, 6) is -1.73. The van der Waals surface area contributed by atoms with Crippen LogP contribution in [0.3, 0.4) is 0 Å². The van der Waals surface area contributed by atoms with Crippen molar-refractivity contribution in [3.8, 4) is 5.75 Å². The van der Waals surface area contributed by atoms with Crippen LogP contribution in [0.25, 0.3) is 0 Å². The summed E-state index contributed by atoms with van der Waals surface area (Å²) in [5.41, 5.74) is -1.79. The summed E-state index contributed by atoms with van der Waals surface area (Å²) in [4.78, 5) is 0. The second-order valence-corrected chi connectivity index (χ2v) is 11.9. The highest BCUT2D eigenvalue weighted by atomic mass is 28.3. The lowest BCUT2D eigenvalue weighted by Gasteiger charge is -2.27. The Kier molecular flexibility index (Phi) is 6.87. The molecule has 1 atom stereocenters. The van der Waals surface area contributed by atoms with Gasteiger partial charge in [0, 0.05) is 0 Å². The molecule has 0 amide bonds. The van der Waals surface area contributed by atoms with Crippen LogP contribution in [0.2, 0.25) is 19.6 Å². The summed E-state index contributed by atoms with van der Waals surface area (Å²) < 4.78 is 60.3. The average Bonchev–Trinajstić information content (AvgIpc) is 2.43. The van der Waals surface area contributed by atoms with E-state index in [9.17, 15) is 22.7 Å². The van der Waals surface area contributed by atoms with Gasteiger partial charge in [-0.3, -0.25) is 0 Å². The molecule has 1 aromatic carbocycles. The molecule has 1 N–H and O–H groups in total. The summed E-state index contributed by atoms with van der Waals surface area (Å²) in [6.07, 6.45) is -4.77. The molecular formula is C17H26F4O2Si. The summed E-state index contributed by atoms with van der Waals surface area (Å²) >= 11 is 0. The lowest BCUT2D eigenvalue weighted by atomic mass is 9.97. The number of aliphatic hydroxyl groups excluding tert-OH is 1. The molecular weight excluding hydrogens is 340 g/mol. The van der Waals surface area contributed by atoms with Crippen LogP contribution in [0, 0.1) is 5.82 Å². The number of halogens is 4. The lowest BCUT2D eigenvalue weighted by molar-refractivity contribution is -0.141. The predicted molar refractivity (Wildman–Crippen MR) is 90.0 cm³/mol. The van der Waals surface area contributed by atoms with E-state index in [0.29, 0.717) is 11.6 Å². The van der Waals surface area contributed by atoms with Crippen molar-refractivity contribution < 1.29 is 27.4 Å². The Bertz CT molecular complexity index is 565. The van der Waals surface area contributed by atoms with Gasteiger partial charge in [0.1, 0.15) is 5.56 Å². The number of hydrogen-bond acceptors (Lipinski definition) is 2. The van der Waals surface area contributed by atoms with E-state index >= 15 is 0 Å². The molecule has 138 valence electrons. The van der Waals surface area contributed by atoms with Gasteiger partial charge in [-0.1, -0.05) is 45.5 Å². The van der Waals surface area contributed by atoms with Gasteiger partial charge in [0.25, 0.3) is 0 Å². The summed E-state index contributed by atoms with van der Waals surface area (Å²) in [7, 11) is -2.18. The van der Waals surface area contributed by atoms with Crippen molar-refractivity contribution in [2.45, 2.75) is 65.0 Å². The van der Waals surface area contributed by atoms with Crippen molar-refractivity contribution >= 4 is 13.3 Å². The second-order valence-electron chi connectivity index (χ2n) is 6.87. The maximum Gasteiger partial charge on any atom is 0.419 e. The van der Waals surface area contributed by atoms with E-state index in [1.54, 1.807) is 6.92 Å². The van der Waals surface area contributed by atoms with E-state index in [1.165, 1.54) is 6.07 Å². The van der Waals surface area contributed by atoms with Gasteiger partial charge in [-0.05, 0) is 24.1 Å². The van der Waals surface area contributed by atoms with E-state index in [4.69, 9.17) is 4.74 Å². The molecule has 0 bridgehead atoms. The topological polar surface area (TPSA) is 29.5 Å². The summed E-state index contributed by atoms with van der Waals surface area (Å²) in [6, 6.07) is 1.31. The van der Waals surface area contributed by atoms with Gasteiger partial charge in [-0.15, -0.1) is 0 Å². The smallest absolute Gasteiger partial charge is 0.419 e. The van der Waals surface area contributed by atoms with Crippen LogP contribution >= 0.6 is 0 Å². The SMILES string of the molecule is CCCCC(O)c1cc([Si](C)(C)C)c(OCC)c(F)c1C(F)(F)F. The standard InChI is InChI=1S/C17H26F4O2Si/c1-6-8-9-12(22)11-10-13(24(3,4)5)16(23-7-2)15(18)14(11)17(19,20)21/h10,12,22H,6-9H2,1-5H3. The van der Waals surface area contributed by atoms with Crippen molar-refractivity contribution in [1.82, 2.24) is 0 Å². The number of hydrogen-bond donors (Lipinski definition) is 1. The summed E-state index contributed by atoms with van der Waals surface area (Å²) in [6.45, 7) is 9.26. The van der Waals surface area contributed by atoms with Crippen molar-refractivity contribution in [3.05, 3.63) is 23.0 Å². The fourth-order valence-electron chi connectivity index (χ4n) is 2.60. The van der Waals surface area contributed by atoms with Gasteiger partial charge in [0.05, 0.1) is 20.8 Å². The number of alkyl halides is 3. The number of ether oxygens (including phenoxy) is 1. The lowest BCUT2D eigenvalue weighted by Crippen LogP contribution is -2.40. The Balaban J connectivity index is 3.69. The monoisotopic (exact) mass is 366 g/mol. The molecule has 0 spiro atoms. The highest BCUT2D eigenvalue weighted by molar-refractivity contribution is 6.89. The molecule has 0 aliphatic carbocycles. The molecule has 24 heavy (non-hydrogen) atoms. The molecule has 1 unspecified atom stereocenters. The Hall–Kier alpha value is -1.08. The normalized spacial score (nSPS) is 13.9. The van der Waals surface area contributed by atoms with Gasteiger partial charge < -0.3 is 9.84 Å². The molecule has 0 saturated carbocycles. The number of unbranched alkanes of at least 4 members (excludes halogenated alkanes) is 1. The fraction of sp³-hybridized carbons (Fsp3) is 0.647. The van der Waals surface area contributed by atoms with Crippen molar-refractivity contribution in [3.63, 3.8) is 0 Å². The quantitative estimate of drug-likeness (QED) is 0.543. The molecule has 0 aliphatic heterocycles. The van der Waals surface area contributed by atoms with Crippen LogP contribution in [0.1, 0.15) is 50.3 Å². The number of benzene rings is 1. The van der Waals surface area contributed by atoms with Crippen LogP contribution in [-0.4, -0.2) is 19.8 Å². The number of aliphatic hydroxyl groups is 1. The zero-order valence-electron chi connectivity index (χ0n) is 14.9. The first-order chi connectivity index (χ1) is 10.9. The Morgan fingerprint density at radius 3 is 2.21 bits per heavy atom. The Morgan fingerprint density at radius 2 is 1.79 bits per heavy atom. The maximum atomic E-state index is 14.8. The minimum Gasteiger partial charge on any atom is -0.491 e. The summed E-state index contributed by atoms with van der Waals surface area (Å²) in [5, 5.41) is 10.7. The zero-order chi connectivity index (χ0) is 18.7. The largest absolute Gasteiger partial charge is 0.491 e. The van der Waals surface area contributed by atoms with E-state index in [-0.39, 0.29) is 24.3 Å². The van der Waals surface area contributed by atoms with Crippen LogP contribution in [0.4, 0.5) is 17.6 Å². The molecule has 0 saturated heterocycles. The van der Waals surface area contributed by atoms with Crippen molar-refractivity contribution in [1.29, 1.82) is 0 Å². The molecule has 7 heteroatoms. The first kappa shape index (κ1) is 21.0. The van der Waals surface area contributed by atoms with Gasteiger partial charge >= 0.3 is 6.18 Å². The Labute approximate surface area is 141 Å². The molecule has 0 aromatic heterocycles. The minimum atomic E-state index is -4.89. The first-order valence-electron chi connectivity index (χ1n) is 8.20. The molecule has 0 heterocycles. The van der Waals surface area contributed by atoms with Crippen LogP contribution < -0.4 is 9.92 Å². The van der Waals surface area contributed by atoms with Crippen molar-refractivity contribution in [2.24, 2.45) is 0 Å². The molecule has 0 aliphatic rings. The van der Waals surface area contributed by atoms with E-state index in [0.717, 1.165) is 6.42 Å². The second kappa shape index (κ2) is 7.87. The third kappa shape index (κ3) is 4.72. The molecule has 0 radical (unpaired) electrons. The highest BCUT2D eigenvalue weighted by Crippen LogP contribution is 2.40. The van der Waals surface area contributed by atoms with Crippen LogP contribution in [-0.2, 0) is 6.18 Å². The van der Waals surface area contributed by atoms with Crippen LogP contribution in [0.5, 0.6) is 5.75 Å². The molecule has 1 rings (SSSR count). The minimum absolute atomic E-state index is 0.0728. The van der Waals surface area contributed by atoms with E-state index in [2.05, 4.69) is 0 Å². The molecule has 0 fully saturated rings. The highest BCUT2D eigenvalue weighted by Gasteiger charge is 2.42.